The molecule has 5 heteroatoms. The van der Waals surface area contributed by atoms with Gasteiger partial charge in [-0.1, -0.05) is 0 Å². The topological polar surface area (TPSA) is 33.2 Å². The van der Waals surface area contributed by atoms with E-state index in [2.05, 4.69) is 4.98 Å². The third kappa shape index (κ3) is 1.64. The Morgan fingerprint density at radius 2 is 2.12 bits per heavy atom. The zero-order valence-electron chi connectivity index (χ0n) is 8.80. The number of piperidine rings is 1. The Bertz CT molecular complexity index is 381. The molecule has 1 aromatic rings. The third-order valence-electron chi connectivity index (χ3n) is 3.55. The standard InChI is InChI=1S/C11H13ClN2OS/c12-7-3-8-1-2-9(4-7)14(8)11(15)10-5-13-6-16-10/h5-9H,1-4H2. The van der Waals surface area contributed by atoms with Gasteiger partial charge >= 0.3 is 0 Å². The van der Waals surface area contributed by atoms with Gasteiger partial charge in [-0.2, -0.15) is 0 Å². The minimum absolute atomic E-state index is 0.151. The highest BCUT2D eigenvalue weighted by Gasteiger charge is 2.43. The summed E-state index contributed by atoms with van der Waals surface area (Å²) in [7, 11) is 0. The van der Waals surface area contributed by atoms with Gasteiger partial charge in [0.2, 0.25) is 0 Å². The van der Waals surface area contributed by atoms with Crippen LogP contribution < -0.4 is 0 Å². The summed E-state index contributed by atoms with van der Waals surface area (Å²) in [5, 5.41) is 0.253. The summed E-state index contributed by atoms with van der Waals surface area (Å²) in [6, 6.07) is 0.715. The maximum atomic E-state index is 12.3. The molecule has 2 aliphatic heterocycles. The van der Waals surface area contributed by atoms with E-state index in [9.17, 15) is 4.79 Å². The van der Waals surface area contributed by atoms with Crippen LogP contribution >= 0.6 is 22.9 Å². The number of nitrogens with zero attached hydrogens (tertiary/aromatic N) is 2. The summed E-state index contributed by atoms with van der Waals surface area (Å²) < 4.78 is 0. The van der Waals surface area contributed by atoms with Gasteiger partial charge in [-0.25, -0.2) is 0 Å². The Labute approximate surface area is 103 Å². The van der Waals surface area contributed by atoms with Crippen LogP contribution in [0.2, 0.25) is 0 Å². The van der Waals surface area contributed by atoms with E-state index in [0.717, 1.165) is 30.6 Å². The minimum atomic E-state index is 0.151. The van der Waals surface area contributed by atoms with Crippen molar-refractivity contribution in [2.24, 2.45) is 0 Å². The molecule has 0 N–H and O–H groups in total. The van der Waals surface area contributed by atoms with Crippen molar-refractivity contribution in [1.82, 2.24) is 9.88 Å². The molecule has 2 fully saturated rings. The van der Waals surface area contributed by atoms with E-state index < -0.39 is 0 Å². The fourth-order valence-electron chi connectivity index (χ4n) is 2.89. The van der Waals surface area contributed by atoms with Crippen LogP contribution in [0.3, 0.4) is 0 Å². The van der Waals surface area contributed by atoms with Crippen molar-refractivity contribution in [2.75, 3.05) is 0 Å². The quantitative estimate of drug-likeness (QED) is 0.724. The van der Waals surface area contributed by atoms with E-state index in [0.29, 0.717) is 12.1 Å². The van der Waals surface area contributed by atoms with Crippen LogP contribution in [0.4, 0.5) is 0 Å². The van der Waals surface area contributed by atoms with Crippen molar-refractivity contribution in [2.45, 2.75) is 43.1 Å². The molecule has 3 rings (SSSR count). The first-order valence-electron chi connectivity index (χ1n) is 5.61. The van der Waals surface area contributed by atoms with Gasteiger partial charge in [-0.3, -0.25) is 9.78 Å². The molecule has 2 unspecified atom stereocenters. The van der Waals surface area contributed by atoms with E-state index in [4.69, 9.17) is 11.6 Å². The van der Waals surface area contributed by atoms with Crippen molar-refractivity contribution in [3.05, 3.63) is 16.6 Å². The van der Waals surface area contributed by atoms with Crippen LogP contribution in [0, 0.1) is 0 Å². The molecule has 0 aliphatic carbocycles. The van der Waals surface area contributed by atoms with Crippen LogP contribution in [0.15, 0.2) is 11.7 Å². The summed E-state index contributed by atoms with van der Waals surface area (Å²) >= 11 is 7.62. The highest BCUT2D eigenvalue weighted by Crippen LogP contribution is 2.38. The number of fused-ring (bicyclic) bond motifs is 2. The largest absolute Gasteiger partial charge is 0.332 e. The van der Waals surface area contributed by atoms with Crippen LogP contribution in [-0.4, -0.2) is 33.3 Å². The number of halogens is 1. The summed E-state index contributed by atoms with van der Waals surface area (Å²) in [5.74, 6) is 0.151. The van der Waals surface area contributed by atoms with E-state index >= 15 is 0 Å². The molecule has 2 atom stereocenters. The Morgan fingerprint density at radius 1 is 1.44 bits per heavy atom. The van der Waals surface area contributed by atoms with Gasteiger partial charge in [0.15, 0.2) is 0 Å². The monoisotopic (exact) mass is 256 g/mol. The van der Waals surface area contributed by atoms with Crippen molar-refractivity contribution in [3.63, 3.8) is 0 Å². The lowest BCUT2D eigenvalue weighted by Crippen LogP contribution is -2.46. The second-order valence-corrected chi connectivity index (χ2v) is 6.04. The minimum Gasteiger partial charge on any atom is -0.332 e. The average Bonchev–Trinajstić information content (AvgIpc) is 2.85. The molecular formula is C11H13ClN2OS. The Balaban J connectivity index is 1.84. The van der Waals surface area contributed by atoms with E-state index in [1.54, 1.807) is 11.7 Å². The van der Waals surface area contributed by atoms with Crippen LogP contribution in [0.5, 0.6) is 0 Å². The van der Waals surface area contributed by atoms with E-state index in [1.807, 2.05) is 4.90 Å². The second kappa shape index (κ2) is 4.00. The van der Waals surface area contributed by atoms with Crippen molar-refractivity contribution < 1.29 is 4.79 Å². The van der Waals surface area contributed by atoms with Gasteiger partial charge in [0, 0.05) is 17.5 Å². The Hall–Kier alpha value is -0.610. The lowest BCUT2D eigenvalue weighted by molar-refractivity contribution is 0.0604. The maximum absolute atomic E-state index is 12.3. The summed E-state index contributed by atoms with van der Waals surface area (Å²) in [5.41, 5.74) is 1.71. The molecule has 0 aromatic carbocycles. The molecule has 3 heterocycles. The van der Waals surface area contributed by atoms with Gasteiger partial charge in [-0.15, -0.1) is 22.9 Å². The second-order valence-electron chi connectivity index (χ2n) is 4.53. The lowest BCUT2D eigenvalue weighted by Gasteiger charge is -2.36. The average molecular weight is 257 g/mol. The molecule has 3 nitrogen and oxygen atoms in total. The molecule has 1 amide bonds. The van der Waals surface area contributed by atoms with Gasteiger partial charge in [0.25, 0.3) is 5.91 Å². The highest BCUT2D eigenvalue weighted by atomic mass is 35.5. The van der Waals surface area contributed by atoms with Gasteiger partial charge in [0.1, 0.15) is 4.88 Å². The number of hydrogen-bond acceptors (Lipinski definition) is 3. The summed E-state index contributed by atoms with van der Waals surface area (Å²) in [6.07, 6.45) is 5.78. The third-order valence-corrected chi connectivity index (χ3v) is 4.67. The number of carbonyl (C=O) groups is 1. The molecule has 2 saturated heterocycles. The maximum Gasteiger partial charge on any atom is 0.266 e. The molecule has 2 bridgehead atoms. The predicted octanol–water partition coefficient (Wildman–Crippen LogP) is 2.52. The van der Waals surface area contributed by atoms with Gasteiger partial charge < -0.3 is 4.90 Å². The summed E-state index contributed by atoms with van der Waals surface area (Å²) in [4.78, 5) is 19.1. The Morgan fingerprint density at radius 3 is 2.69 bits per heavy atom. The van der Waals surface area contributed by atoms with Crippen molar-refractivity contribution in [1.29, 1.82) is 0 Å². The lowest BCUT2D eigenvalue weighted by atomic mass is 10.0. The first kappa shape index (κ1) is 10.5. The van der Waals surface area contributed by atoms with Crippen LogP contribution in [-0.2, 0) is 0 Å². The molecule has 0 saturated carbocycles. The highest BCUT2D eigenvalue weighted by molar-refractivity contribution is 7.11. The number of rotatable bonds is 1. The normalized spacial score (nSPS) is 33.1. The van der Waals surface area contributed by atoms with Gasteiger partial charge in [0.05, 0.1) is 11.7 Å². The summed E-state index contributed by atoms with van der Waals surface area (Å²) in [6.45, 7) is 0. The zero-order valence-corrected chi connectivity index (χ0v) is 10.4. The molecule has 1 aromatic heterocycles. The molecule has 86 valence electrons. The van der Waals surface area contributed by atoms with Crippen LogP contribution in [0.1, 0.15) is 35.4 Å². The van der Waals surface area contributed by atoms with Crippen LogP contribution in [0.25, 0.3) is 0 Å². The van der Waals surface area contributed by atoms with E-state index in [-0.39, 0.29) is 11.3 Å². The van der Waals surface area contributed by atoms with E-state index in [1.165, 1.54) is 11.3 Å². The number of aromatic nitrogens is 1. The number of thiazole rings is 1. The molecule has 2 aliphatic rings. The first-order valence-corrected chi connectivity index (χ1v) is 6.92. The number of carbonyl (C=O) groups excluding carboxylic acids is 1. The number of hydrogen-bond donors (Lipinski definition) is 0. The molecule has 0 spiro atoms. The first-order chi connectivity index (χ1) is 7.75. The number of alkyl halides is 1. The van der Waals surface area contributed by atoms with Gasteiger partial charge in [-0.05, 0) is 25.7 Å². The van der Waals surface area contributed by atoms with Crippen molar-refractivity contribution >= 4 is 28.8 Å². The van der Waals surface area contributed by atoms with Crippen molar-refractivity contribution in [3.8, 4) is 0 Å². The number of amides is 1. The fraction of sp³-hybridized carbons (Fsp3) is 0.636. The fourth-order valence-corrected chi connectivity index (χ4v) is 3.87. The SMILES string of the molecule is O=C(c1cncs1)N1C2CCC1CC(Cl)C2. The molecule has 0 radical (unpaired) electrons. The molecule has 16 heavy (non-hydrogen) atoms. The zero-order chi connectivity index (χ0) is 11.1. The Kier molecular flexibility index (Phi) is 2.64. The smallest absolute Gasteiger partial charge is 0.266 e. The molecular weight excluding hydrogens is 244 g/mol. The predicted molar refractivity (Wildman–Crippen MR) is 64.0 cm³/mol.